The zero-order valence-corrected chi connectivity index (χ0v) is 13.9. The van der Waals surface area contributed by atoms with Gasteiger partial charge in [-0.05, 0) is 32.1 Å². The fourth-order valence-electron chi connectivity index (χ4n) is 1.89. The van der Waals surface area contributed by atoms with E-state index in [-0.39, 0.29) is 25.0 Å². The van der Waals surface area contributed by atoms with Crippen LogP contribution in [-0.2, 0) is 18.9 Å². The number of hydrogen-bond donors (Lipinski definition) is 0. The third kappa shape index (κ3) is 8.42. The van der Waals surface area contributed by atoms with Gasteiger partial charge in [0, 0.05) is 0 Å². The fourth-order valence-corrected chi connectivity index (χ4v) is 1.89. The van der Waals surface area contributed by atoms with Gasteiger partial charge in [0.05, 0.1) is 13.2 Å². The van der Waals surface area contributed by atoms with Gasteiger partial charge in [-0.2, -0.15) is 0 Å². The second-order valence-corrected chi connectivity index (χ2v) is 5.48. The molecule has 0 aliphatic heterocycles. The summed E-state index contributed by atoms with van der Waals surface area (Å²) in [6, 6.07) is 0. The Morgan fingerprint density at radius 2 is 1.33 bits per heavy atom. The summed E-state index contributed by atoms with van der Waals surface area (Å²) in [6.07, 6.45) is -2.07. The minimum atomic E-state index is -0.752. The molecule has 0 radical (unpaired) electrons. The Labute approximate surface area is 127 Å². The zero-order valence-electron chi connectivity index (χ0n) is 13.9. The van der Waals surface area contributed by atoms with Gasteiger partial charge in [0.2, 0.25) is 0 Å². The van der Waals surface area contributed by atoms with E-state index in [1.54, 1.807) is 13.8 Å². The maximum atomic E-state index is 11.6. The second kappa shape index (κ2) is 10.3. The maximum Gasteiger partial charge on any atom is 0.508 e. The van der Waals surface area contributed by atoms with Gasteiger partial charge in [-0.25, -0.2) is 9.59 Å². The summed E-state index contributed by atoms with van der Waals surface area (Å²) < 4.78 is 20.2. The van der Waals surface area contributed by atoms with Gasteiger partial charge in [0.15, 0.2) is 0 Å². The highest BCUT2D eigenvalue weighted by atomic mass is 16.8. The van der Waals surface area contributed by atoms with Crippen molar-refractivity contribution < 1.29 is 28.5 Å². The molecule has 0 saturated carbocycles. The number of carbonyl (C=O) groups is 2. The topological polar surface area (TPSA) is 71.1 Å². The van der Waals surface area contributed by atoms with Gasteiger partial charge in [0.25, 0.3) is 0 Å². The predicted octanol–water partition coefficient (Wildman–Crippen LogP) is 3.77. The summed E-state index contributed by atoms with van der Waals surface area (Å²) in [5.41, 5.74) is 0. The van der Waals surface area contributed by atoms with Crippen LogP contribution in [0.5, 0.6) is 0 Å². The third-order valence-electron chi connectivity index (χ3n) is 2.73. The molecular formula is C15H28O6. The summed E-state index contributed by atoms with van der Waals surface area (Å²) in [5, 5.41) is 0. The van der Waals surface area contributed by atoms with E-state index in [4.69, 9.17) is 18.9 Å². The van der Waals surface area contributed by atoms with Crippen molar-refractivity contribution in [2.75, 3.05) is 13.2 Å². The molecule has 0 fully saturated rings. The van der Waals surface area contributed by atoms with Gasteiger partial charge in [0.1, 0.15) is 12.2 Å². The van der Waals surface area contributed by atoms with Crippen LogP contribution in [0.1, 0.15) is 48.0 Å². The molecule has 0 rings (SSSR count). The number of rotatable bonds is 8. The van der Waals surface area contributed by atoms with Crippen molar-refractivity contribution in [3.05, 3.63) is 0 Å². The van der Waals surface area contributed by atoms with Gasteiger partial charge >= 0.3 is 12.3 Å². The van der Waals surface area contributed by atoms with Gasteiger partial charge in [-0.1, -0.05) is 27.7 Å². The van der Waals surface area contributed by atoms with Crippen LogP contribution in [0.4, 0.5) is 9.59 Å². The van der Waals surface area contributed by atoms with E-state index in [0.717, 1.165) is 0 Å². The molecule has 0 bridgehead atoms. The Kier molecular flexibility index (Phi) is 9.58. The zero-order chi connectivity index (χ0) is 16.4. The number of ether oxygens (including phenoxy) is 4. The van der Waals surface area contributed by atoms with Crippen molar-refractivity contribution in [3.8, 4) is 0 Å². The molecule has 0 saturated heterocycles. The first-order valence-electron chi connectivity index (χ1n) is 7.48. The second-order valence-electron chi connectivity index (χ2n) is 5.48. The molecule has 2 unspecified atom stereocenters. The molecule has 0 aliphatic carbocycles. The summed E-state index contributed by atoms with van der Waals surface area (Å²) in [4.78, 5) is 23.1. The average molecular weight is 304 g/mol. The van der Waals surface area contributed by atoms with Gasteiger partial charge in [-0.3, -0.25) is 0 Å². The average Bonchev–Trinajstić information content (AvgIpc) is 2.34. The molecule has 6 heteroatoms. The largest absolute Gasteiger partial charge is 0.508 e. The van der Waals surface area contributed by atoms with E-state index in [0.29, 0.717) is 6.42 Å². The molecule has 21 heavy (non-hydrogen) atoms. The van der Waals surface area contributed by atoms with E-state index in [2.05, 4.69) is 0 Å². The normalized spacial score (nSPS) is 13.7. The van der Waals surface area contributed by atoms with Gasteiger partial charge in [-0.15, -0.1) is 0 Å². The highest BCUT2D eigenvalue weighted by Gasteiger charge is 2.33. The van der Waals surface area contributed by atoms with E-state index < -0.39 is 24.5 Å². The Balaban J connectivity index is 4.91. The van der Waals surface area contributed by atoms with Crippen molar-refractivity contribution >= 4 is 12.3 Å². The van der Waals surface area contributed by atoms with Crippen molar-refractivity contribution in [3.63, 3.8) is 0 Å². The van der Waals surface area contributed by atoms with Crippen LogP contribution in [0.15, 0.2) is 0 Å². The lowest BCUT2D eigenvalue weighted by atomic mass is 9.94. The van der Waals surface area contributed by atoms with Crippen LogP contribution in [-0.4, -0.2) is 37.7 Å². The first-order chi connectivity index (χ1) is 9.81. The molecule has 6 nitrogen and oxygen atoms in total. The van der Waals surface area contributed by atoms with Crippen LogP contribution >= 0.6 is 0 Å². The maximum absolute atomic E-state index is 11.6. The molecule has 0 spiro atoms. The van der Waals surface area contributed by atoms with Crippen LogP contribution in [0.3, 0.4) is 0 Å². The van der Waals surface area contributed by atoms with Crippen LogP contribution in [0, 0.1) is 11.8 Å². The molecular weight excluding hydrogens is 276 g/mol. The van der Waals surface area contributed by atoms with E-state index in [9.17, 15) is 9.59 Å². The molecule has 0 aromatic rings. The Bertz CT molecular complexity index is 313. The lowest BCUT2D eigenvalue weighted by Crippen LogP contribution is -2.40. The molecule has 0 aromatic heterocycles. The summed E-state index contributed by atoms with van der Waals surface area (Å²) in [6.45, 7) is 11.7. The van der Waals surface area contributed by atoms with Crippen LogP contribution in [0.25, 0.3) is 0 Å². The highest BCUT2D eigenvalue weighted by molar-refractivity contribution is 5.61. The summed E-state index contributed by atoms with van der Waals surface area (Å²) in [5.74, 6) is 0.254. The molecule has 0 heterocycles. The van der Waals surface area contributed by atoms with Crippen molar-refractivity contribution in [1.82, 2.24) is 0 Å². The molecule has 124 valence electrons. The molecule has 0 amide bonds. The van der Waals surface area contributed by atoms with E-state index in [1.807, 2.05) is 27.7 Å². The number of hydrogen-bond acceptors (Lipinski definition) is 6. The summed E-state index contributed by atoms with van der Waals surface area (Å²) >= 11 is 0. The van der Waals surface area contributed by atoms with Crippen molar-refractivity contribution in [1.29, 1.82) is 0 Å². The van der Waals surface area contributed by atoms with Crippen molar-refractivity contribution in [2.45, 2.75) is 60.2 Å². The quantitative estimate of drug-likeness (QED) is 0.636. The third-order valence-corrected chi connectivity index (χ3v) is 2.73. The molecule has 0 aliphatic rings. The predicted molar refractivity (Wildman–Crippen MR) is 78.1 cm³/mol. The monoisotopic (exact) mass is 304 g/mol. The fraction of sp³-hybridized carbons (Fsp3) is 0.867. The molecule has 2 atom stereocenters. The first kappa shape index (κ1) is 19.5. The Morgan fingerprint density at radius 3 is 1.71 bits per heavy atom. The van der Waals surface area contributed by atoms with Gasteiger partial charge < -0.3 is 18.9 Å². The van der Waals surface area contributed by atoms with E-state index in [1.165, 1.54) is 0 Å². The Hall–Kier alpha value is -1.46. The smallest absolute Gasteiger partial charge is 0.435 e. The van der Waals surface area contributed by atoms with Crippen LogP contribution in [0.2, 0.25) is 0 Å². The highest BCUT2D eigenvalue weighted by Crippen LogP contribution is 2.22. The first-order valence-corrected chi connectivity index (χ1v) is 7.48. The SMILES string of the molecule is CCOC(=O)OC(CC(C)C)C(OC(=O)OCC)C(C)C. The summed E-state index contributed by atoms with van der Waals surface area (Å²) in [7, 11) is 0. The Morgan fingerprint density at radius 1 is 0.857 bits per heavy atom. The minimum absolute atomic E-state index is 0.0208. The standard InChI is InChI=1S/C15H28O6/c1-7-18-14(16)20-12(9-10(3)4)13(11(5)6)21-15(17)19-8-2/h10-13H,7-9H2,1-6H3. The lowest BCUT2D eigenvalue weighted by Gasteiger charge is -2.29. The van der Waals surface area contributed by atoms with Crippen molar-refractivity contribution in [2.24, 2.45) is 11.8 Å². The van der Waals surface area contributed by atoms with E-state index >= 15 is 0 Å². The van der Waals surface area contributed by atoms with Crippen LogP contribution < -0.4 is 0 Å². The number of carbonyl (C=O) groups excluding carboxylic acids is 2. The lowest BCUT2D eigenvalue weighted by molar-refractivity contribution is -0.0756. The molecule has 0 N–H and O–H groups in total. The minimum Gasteiger partial charge on any atom is -0.435 e. The molecule has 0 aromatic carbocycles.